The largest absolute Gasteiger partial charge is 0.394 e. The van der Waals surface area contributed by atoms with Gasteiger partial charge in [-0.1, -0.05) is 253 Å². The van der Waals surface area contributed by atoms with E-state index >= 15 is 0 Å². The third-order valence-electron chi connectivity index (χ3n) is 14.6. The molecule has 0 spiro atoms. The van der Waals surface area contributed by atoms with Crippen LogP contribution in [-0.2, 0) is 23.7 Å². The van der Waals surface area contributed by atoms with Gasteiger partial charge in [0, 0.05) is 35.8 Å². The molecule has 9 nitrogen and oxygen atoms in total. The molecule has 4 N–H and O–H groups in total. The molecule has 1 heterocycles. The van der Waals surface area contributed by atoms with Gasteiger partial charge in [0.05, 0.1) is 18.8 Å². The van der Waals surface area contributed by atoms with E-state index in [4.69, 9.17) is 18.9 Å². The average molecular weight is 1000 g/mol. The van der Waals surface area contributed by atoms with E-state index < -0.39 is 52.9 Å². The zero-order chi connectivity index (χ0) is 50.4. The van der Waals surface area contributed by atoms with Crippen molar-refractivity contribution in [1.29, 1.82) is 0 Å². The first kappa shape index (κ1) is 65.8. The van der Waals surface area contributed by atoms with E-state index in [-0.39, 0.29) is 31.0 Å². The van der Waals surface area contributed by atoms with Crippen molar-refractivity contribution in [2.45, 2.75) is 320 Å². The predicted octanol–water partition coefficient (Wildman–Crippen LogP) is 14.9. The third kappa shape index (κ3) is 32.8. The number of hydrogen-bond donors (Lipinski definition) is 4. The minimum Gasteiger partial charge on any atom is -0.394 e. The molecule has 0 bridgehead atoms. The van der Waals surface area contributed by atoms with Crippen molar-refractivity contribution in [2.24, 2.45) is 5.92 Å². The minimum atomic E-state index is -2.20. The molecule has 1 aliphatic rings. The van der Waals surface area contributed by atoms with Crippen LogP contribution < -0.4 is 5.32 Å². The Labute approximate surface area is 423 Å². The summed E-state index contributed by atoms with van der Waals surface area (Å²) in [4.78, 5) is 14.9. The Kier molecular flexibility index (Phi) is 39.8. The molecule has 11 heteroatoms. The van der Waals surface area contributed by atoms with Crippen molar-refractivity contribution in [2.75, 3.05) is 33.2 Å². The van der Waals surface area contributed by atoms with Crippen LogP contribution in [0.2, 0.25) is 51.4 Å². The van der Waals surface area contributed by atoms with Crippen LogP contribution in [0.15, 0.2) is 0 Å². The molecule has 1 aliphatic heterocycles. The fourth-order valence-corrected chi connectivity index (χ4v) is 11.3. The monoisotopic (exact) mass is 1000 g/mol. The van der Waals surface area contributed by atoms with Crippen LogP contribution in [0.25, 0.3) is 0 Å². The van der Waals surface area contributed by atoms with Gasteiger partial charge in [0.25, 0.3) is 0 Å². The summed E-state index contributed by atoms with van der Waals surface area (Å²) in [6, 6.07) is 0.955. The van der Waals surface area contributed by atoms with E-state index in [1.807, 2.05) is 0 Å². The maximum atomic E-state index is 14.9. The van der Waals surface area contributed by atoms with E-state index in [1.165, 1.54) is 148 Å². The molecule has 406 valence electrons. The van der Waals surface area contributed by atoms with Crippen LogP contribution in [0.3, 0.4) is 0 Å². The summed E-state index contributed by atoms with van der Waals surface area (Å²) in [5.41, 5.74) is -2.20. The van der Waals surface area contributed by atoms with Crippen LogP contribution in [-0.4, -0.2) is 107 Å². The van der Waals surface area contributed by atoms with Crippen LogP contribution in [0, 0.1) is 5.92 Å². The molecule has 1 fully saturated rings. The van der Waals surface area contributed by atoms with Crippen molar-refractivity contribution in [3.8, 4) is 0 Å². The highest BCUT2D eigenvalue weighted by Gasteiger charge is 2.59. The Balaban J connectivity index is 3.23. The van der Waals surface area contributed by atoms with Gasteiger partial charge in [-0.3, -0.25) is 4.79 Å². The molecule has 0 aliphatic carbocycles. The number of ketones is 1. The molecule has 0 radical (unpaired) electrons. The van der Waals surface area contributed by atoms with E-state index in [0.717, 1.165) is 63.5 Å². The lowest BCUT2D eigenvalue weighted by Gasteiger charge is -2.49. The van der Waals surface area contributed by atoms with Gasteiger partial charge in [-0.15, -0.1) is 0 Å². The Morgan fingerprint density at radius 1 is 0.603 bits per heavy atom. The Bertz CT molecular complexity index is 1150. The first-order chi connectivity index (χ1) is 32.6. The lowest BCUT2D eigenvalue weighted by molar-refractivity contribution is -0.292. The number of Topliss-reactive ketones (excluding diaryl/α,β-unsaturated/α-hetero) is 1. The average Bonchev–Trinajstić information content (AvgIpc) is 3.29. The van der Waals surface area contributed by atoms with E-state index in [1.54, 1.807) is 0 Å². The SMILES string of the molecule is CCCCCCCCCCCC[C@H](CCCCCCCCCCC)CC(=O)[C@]1(O)[C@H](O)[C@@H](CO)O[C@H](OCC[Si](C)(C)C)[C@H]1NCC[C@H](CCCCCCCCCCC)OCOCC[Si](C)(C)C. The number of nitrogens with one attached hydrogen (secondary N) is 1. The molecule has 0 unspecified atom stereocenters. The van der Waals surface area contributed by atoms with Gasteiger partial charge in [-0.2, -0.15) is 0 Å². The minimum absolute atomic E-state index is 0.0598. The number of aliphatic hydroxyl groups is 3. The van der Waals surface area contributed by atoms with Gasteiger partial charge in [0.1, 0.15) is 19.0 Å². The Morgan fingerprint density at radius 2 is 1.01 bits per heavy atom. The van der Waals surface area contributed by atoms with Gasteiger partial charge in [0.2, 0.25) is 0 Å². The van der Waals surface area contributed by atoms with Crippen LogP contribution in [0.1, 0.15) is 233 Å². The fraction of sp³-hybridized carbons (Fsp3) is 0.982. The highest BCUT2D eigenvalue weighted by atomic mass is 28.3. The number of carbonyl (C=O) groups excluding carboxylic acids is 1. The fourth-order valence-electron chi connectivity index (χ4n) is 9.76. The molecule has 0 aromatic rings. The second-order valence-electron chi connectivity index (χ2n) is 23.7. The number of aliphatic hydroxyl groups excluding tert-OH is 2. The van der Waals surface area contributed by atoms with Crippen molar-refractivity contribution in [3.63, 3.8) is 0 Å². The van der Waals surface area contributed by atoms with E-state index in [9.17, 15) is 20.1 Å². The summed E-state index contributed by atoms with van der Waals surface area (Å²) in [5.74, 6) is -0.246. The molecule has 1 rings (SSSR count). The highest BCUT2D eigenvalue weighted by molar-refractivity contribution is 6.76. The number of ether oxygens (including phenoxy) is 4. The summed E-state index contributed by atoms with van der Waals surface area (Å²) in [6.07, 6.45) is 35.1. The number of unbranched alkanes of at least 4 members (excludes halogenated alkanes) is 25. The van der Waals surface area contributed by atoms with Gasteiger partial charge in [-0.05, 0) is 37.4 Å². The van der Waals surface area contributed by atoms with E-state index in [2.05, 4.69) is 65.4 Å². The summed E-state index contributed by atoms with van der Waals surface area (Å²) in [6.45, 7) is 22.0. The summed E-state index contributed by atoms with van der Waals surface area (Å²) in [5, 5.41) is 38.9. The Morgan fingerprint density at radius 3 is 1.44 bits per heavy atom. The first-order valence-corrected chi connectivity index (χ1v) is 36.8. The highest BCUT2D eigenvalue weighted by Crippen LogP contribution is 2.36. The lowest BCUT2D eigenvalue weighted by atomic mass is 9.75. The molecule has 68 heavy (non-hydrogen) atoms. The van der Waals surface area contributed by atoms with Crippen molar-refractivity contribution in [3.05, 3.63) is 0 Å². The lowest BCUT2D eigenvalue weighted by Crippen LogP contribution is -2.74. The van der Waals surface area contributed by atoms with Crippen LogP contribution >= 0.6 is 0 Å². The number of rotatable bonds is 49. The van der Waals surface area contributed by atoms with Crippen LogP contribution in [0.4, 0.5) is 0 Å². The zero-order valence-corrected chi connectivity index (χ0v) is 48.6. The molecular formula is C57H117NO8Si2. The number of hydrogen-bond acceptors (Lipinski definition) is 9. The van der Waals surface area contributed by atoms with Gasteiger partial charge >= 0.3 is 0 Å². The second kappa shape index (κ2) is 41.2. The molecule has 0 saturated carbocycles. The molecule has 7 atom stereocenters. The van der Waals surface area contributed by atoms with Gasteiger partial charge < -0.3 is 39.6 Å². The standard InChI is InChI=1S/C57H117NO8Si2/c1-10-13-16-19-22-25-28-30-33-36-39-50(38-35-32-29-26-23-20-17-14-11-2)47-53(60)57(62)54(56(64-44-46-68(7,8)9)66-52(48-59)55(57)61)58-42-41-51(65-49-63-43-45-67(4,5)6)40-37-34-31-27-24-21-18-15-12-3/h50-52,54-56,58-59,61-62H,10-49H2,1-9H3/t50-,51-,52+,54+,55+,56-,57+/m0/s1. The number of carbonyl (C=O) groups is 1. The molecule has 0 amide bonds. The topological polar surface area (TPSA) is 127 Å². The maximum Gasteiger partial charge on any atom is 0.176 e. The normalized spacial score (nSPS) is 21.1. The summed E-state index contributed by atoms with van der Waals surface area (Å²) < 4.78 is 25.1. The summed E-state index contributed by atoms with van der Waals surface area (Å²) >= 11 is 0. The van der Waals surface area contributed by atoms with Crippen molar-refractivity contribution < 1.29 is 39.1 Å². The molecular weight excluding hydrogens is 883 g/mol. The molecule has 1 saturated heterocycles. The van der Waals surface area contributed by atoms with Crippen molar-refractivity contribution in [1.82, 2.24) is 5.32 Å². The quantitative estimate of drug-likeness (QED) is 0.0268. The van der Waals surface area contributed by atoms with E-state index in [0.29, 0.717) is 26.2 Å². The molecule has 0 aromatic carbocycles. The van der Waals surface area contributed by atoms with Gasteiger partial charge in [0.15, 0.2) is 17.7 Å². The second-order valence-corrected chi connectivity index (χ2v) is 35.0. The predicted molar refractivity (Wildman–Crippen MR) is 294 cm³/mol. The zero-order valence-electron chi connectivity index (χ0n) is 46.6. The maximum absolute atomic E-state index is 14.9. The Hall–Kier alpha value is -0.216. The smallest absolute Gasteiger partial charge is 0.176 e. The third-order valence-corrected chi connectivity index (χ3v) is 18.0. The first-order valence-electron chi connectivity index (χ1n) is 29.4. The van der Waals surface area contributed by atoms with Crippen LogP contribution in [0.5, 0.6) is 0 Å². The summed E-state index contributed by atoms with van der Waals surface area (Å²) in [7, 11) is -2.73. The van der Waals surface area contributed by atoms with Gasteiger partial charge in [-0.25, -0.2) is 0 Å². The molecule has 0 aromatic heterocycles. The van der Waals surface area contributed by atoms with Crippen molar-refractivity contribution >= 4 is 21.9 Å².